The fourth-order valence-corrected chi connectivity index (χ4v) is 0.327. The van der Waals surface area contributed by atoms with Gasteiger partial charge in [-0.05, 0) is 12.8 Å². The summed E-state index contributed by atoms with van der Waals surface area (Å²) in [6.45, 7) is 0. The second-order valence-electron chi connectivity index (χ2n) is 1.17. The van der Waals surface area contributed by atoms with Crippen molar-refractivity contribution >= 4 is 39.8 Å². The van der Waals surface area contributed by atoms with Crippen LogP contribution in [0.15, 0.2) is 0 Å². The Hall–Kier alpha value is 1.28. The molecule has 1 fully saturated rings. The SMILES string of the molecule is BrC1CC1.[Sn]. The van der Waals surface area contributed by atoms with E-state index in [1.54, 1.807) is 0 Å². The van der Waals surface area contributed by atoms with Gasteiger partial charge < -0.3 is 0 Å². The van der Waals surface area contributed by atoms with Gasteiger partial charge in [-0.1, -0.05) is 15.9 Å². The van der Waals surface area contributed by atoms with Gasteiger partial charge in [0.1, 0.15) is 0 Å². The van der Waals surface area contributed by atoms with Crippen molar-refractivity contribution < 1.29 is 0 Å². The summed E-state index contributed by atoms with van der Waals surface area (Å²) < 4.78 is 0. The number of hydrogen-bond donors (Lipinski definition) is 0. The van der Waals surface area contributed by atoms with Crippen LogP contribution in [0.5, 0.6) is 0 Å². The summed E-state index contributed by atoms with van der Waals surface area (Å²) in [7, 11) is 0. The van der Waals surface area contributed by atoms with Crippen LogP contribution in [-0.2, 0) is 0 Å². The van der Waals surface area contributed by atoms with E-state index in [0.29, 0.717) is 0 Å². The molecule has 1 aliphatic rings. The predicted octanol–water partition coefficient (Wildman–Crippen LogP) is 1.16. The molecule has 0 heterocycles. The van der Waals surface area contributed by atoms with Crippen molar-refractivity contribution in [3.8, 4) is 0 Å². The normalized spacial score (nSPS) is 21.0. The average Bonchev–Trinajstić information content (AvgIpc) is 1.75. The number of hydrogen-bond acceptors (Lipinski definition) is 0. The maximum absolute atomic E-state index is 3.38. The van der Waals surface area contributed by atoms with Crippen LogP contribution in [0.25, 0.3) is 0 Å². The van der Waals surface area contributed by atoms with Crippen LogP contribution >= 0.6 is 15.9 Å². The van der Waals surface area contributed by atoms with Crippen LogP contribution in [-0.4, -0.2) is 28.7 Å². The smallest absolute Gasteiger partial charge is 0.0146 e. The first kappa shape index (κ1) is 6.28. The Morgan fingerprint density at radius 1 is 1.40 bits per heavy atom. The van der Waals surface area contributed by atoms with Gasteiger partial charge in [0.05, 0.1) is 0 Å². The van der Waals surface area contributed by atoms with E-state index in [2.05, 4.69) is 15.9 Å². The minimum atomic E-state index is 0. The molecule has 0 atom stereocenters. The van der Waals surface area contributed by atoms with Crippen molar-refractivity contribution in [2.24, 2.45) is 0 Å². The Morgan fingerprint density at radius 3 is 1.60 bits per heavy atom. The average molecular weight is 240 g/mol. The van der Waals surface area contributed by atoms with Gasteiger partial charge in [0.15, 0.2) is 0 Å². The standard InChI is InChI=1S/C3H5Br.Sn/c4-3-1-2-3;/h3H,1-2H2;. The summed E-state index contributed by atoms with van der Waals surface area (Å²) in [6.07, 6.45) is 2.81. The molecule has 5 heavy (non-hydrogen) atoms. The maximum Gasteiger partial charge on any atom is 0.0146 e. The molecule has 0 saturated heterocycles. The Labute approximate surface area is 57.4 Å². The second kappa shape index (κ2) is 2.45. The fourth-order valence-electron chi connectivity index (χ4n) is 0.0630. The molecule has 28 valence electrons. The van der Waals surface area contributed by atoms with E-state index in [-0.39, 0.29) is 23.9 Å². The molecule has 1 saturated carbocycles. The first-order chi connectivity index (χ1) is 1.89. The van der Waals surface area contributed by atoms with Gasteiger partial charge in [0.25, 0.3) is 0 Å². The zero-order valence-corrected chi connectivity index (χ0v) is 7.31. The van der Waals surface area contributed by atoms with Crippen LogP contribution in [0.2, 0.25) is 0 Å². The van der Waals surface area contributed by atoms with Crippen LogP contribution < -0.4 is 0 Å². The molecule has 0 spiro atoms. The van der Waals surface area contributed by atoms with Gasteiger partial charge in [-0.25, -0.2) is 0 Å². The van der Waals surface area contributed by atoms with Crippen molar-refractivity contribution in [3.05, 3.63) is 0 Å². The van der Waals surface area contributed by atoms with E-state index in [0.717, 1.165) is 4.83 Å². The van der Waals surface area contributed by atoms with Gasteiger partial charge >= 0.3 is 0 Å². The topological polar surface area (TPSA) is 0 Å². The second-order valence-corrected chi connectivity index (χ2v) is 2.47. The molecule has 1 rings (SSSR count). The molecular formula is C3H5BrSn. The van der Waals surface area contributed by atoms with Crippen LogP contribution in [0.1, 0.15) is 12.8 Å². The third-order valence-corrected chi connectivity index (χ3v) is 1.42. The first-order valence-corrected chi connectivity index (χ1v) is 2.45. The van der Waals surface area contributed by atoms with Gasteiger partial charge in [-0.2, -0.15) is 0 Å². The number of rotatable bonds is 0. The van der Waals surface area contributed by atoms with Crippen molar-refractivity contribution in [2.75, 3.05) is 0 Å². The molecule has 0 aromatic rings. The minimum absolute atomic E-state index is 0. The molecule has 0 amide bonds. The summed E-state index contributed by atoms with van der Waals surface area (Å²) in [5.41, 5.74) is 0. The zero-order chi connectivity index (χ0) is 2.99. The molecule has 0 aromatic carbocycles. The predicted molar refractivity (Wildman–Crippen MR) is 27.7 cm³/mol. The summed E-state index contributed by atoms with van der Waals surface area (Å²) in [4.78, 5) is 0.896. The third-order valence-electron chi connectivity index (χ3n) is 0.507. The van der Waals surface area contributed by atoms with Gasteiger partial charge in [-0.3, -0.25) is 0 Å². The van der Waals surface area contributed by atoms with E-state index in [1.807, 2.05) is 0 Å². The third kappa shape index (κ3) is 3.10. The quantitative estimate of drug-likeness (QED) is 0.440. The summed E-state index contributed by atoms with van der Waals surface area (Å²) >= 11 is 3.38. The maximum atomic E-state index is 3.38. The van der Waals surface area contributed by atoms with Gasteiger partial charge in [0.2, 0.25) is 0 Å². The molecule has 0 aromatic heterocycles. The van der Waals surface area contributed by atoms with Crippen LogP contribution in [0.3, 0.4) is 0 Å². The van der Waals surface area contributed by atoms with E-state index < -0.39 is 0 Å². The van der Waals surface area contributed by atoms with E-state index in [1.165, 1.54) is 12.8 Å². The Kier molecular flexibility index (Phi) is 3.08. The molecule has 0 nitrogen and oxygen atoms in total. The number of halogens is 1. The molecular weight excluding hydrogens is 235 g/mol. The molecule has 2 heteroatoms. The molecule has 0 aliphatic heterocycles. The first-order valence-electron chi connectivity index (χ1n) is 1.53. The van der Waals surface area contributed by atoms with Crippen molar-refractivity contribution in [1.29, 1.82) is 0 Å². The summed E-state index contributed by atoms with van der Waals surface area (Å²) in [6, 6.07) is 0. The number of alkyl halides is 1. The minimum Gasteiger partial charge on any atom is -0.0891 e. The monoisotopic (exact) mass is 240 g/mol. The summed E-state index contributed by atoms with van der Waals surface area (Å²) in [5, 5.41) is 0. The molecule has 0 unspecified atom stereocenters. The van der Waals surface area contributed by atoms with E-state index in [4.69, 9.17) is 0 Å². The Bertz CT molecular complexity index is 26.1. The van der Waals surface area contributed by atoms with Gasteiger partial charge in [0, 0.05) is 28.7 Å². The van der Waals surface area contributed by atoms with E-state index >= 15 is 0 Å². The molecule has 0 N–H and O–H groups in total. The molecule has 0 bridgehead atoms. The van der Waals surface area contributed by atoms with Crippen LogP contribution in [0.4, 0.5) is 0 Å². The Balaban J connectivity index is 0.000000160. The zero-order valence-electron chi connectivity index (χ0n) is 2.87. The Morgan fingerprint density at radius 2 is 1.60 bits per heavy atom. The van der Waals surface area contributed by atoms with Crippen molar-refractivity contribution in [3.63, 3.8) is 0 Å². The van der Waals surface area contributed by atoms with Crippen molar-refractivity contribution in [1.82, 2.24) is 0 Å². The largest absolute Gasteiger partial charge is 0.0891 e. The molecule has 1 aliphatic carbocycles. The molecule has 4 radical (unpaired) electrons. The van der Waals surface area contributed by atoms with E-state index in [9.17, 15) is 0 Å². The van der Waals surface area contributed by atoms with Gasteiger partial charge in [-0.15, -0.1) is 0 Å². The summed E-state index contributed by atoms with van der Waals surface area (Å²) in [5.74, 6) is 0. The van der Waals surface area contributed by atoms with Crippen LogP contribution in [0, 0.1) is 0 Å². The van der Waals surface area contributed by atoms with Crippen molar-refractivity contribution in [2.45, 2.75) is 17.7 Å². The fraction of sp³-hybridized carbons (Fsp3) is 1.00.